The summed E-state index contributed by atoms with van der Waals surface area (Å²) in [6.07, 6.45) is 0. The molecule has 0 bridgehead atoms. The predicted octanol–water partition coefficient (Wildman–Crippen LogP) is 2.56. The number of aryl methyl sites for hydroxylation is 1. The second-order valence-corrected chi connectivity index (χ2v) is 5.78. The van der Waals surface area contributed by atoms with Crippen molar-refractivity contribution in [2.24, 2.45) is 0 Å². The lowest BCUT2D eigenvalue weighted by Gasteiger charge is -2.10. The molecular weight excluding hydrogens is 348 g/mol. The van der Waals surface area contributed by atoms with Gasteiger partial charge in [0.15, 0.2) is 5.69 Å². The van der Waals surface area contributed by atoms with Crippen molar-refractivity contribution in [3.63, 3.8) is 0 Å². The fourth-order valence-electron chi connectivity index (χ4n) is 2.67. The second-order valence-electron chi connectivity index (χ2n) is 5.78. The van der Waals surface area contributed by atoms with E-state index in [0.717, 1.165) is 0 Å². The van der Waals surface area contributed by atoms with E-state index in [1.807, 2.05) is 0 Å². The van der Waals surface area contributed by atoms with E-state index in [1.165, 1.54) is 11.8 Å². The maximum absolute atomic E-state index is 12.6. The summed E-state index contributed by atoms with van der Waals surface area (Å²) in [5.41, 5.74) is 0.973. The van der Waals surface area contributed by atoms with Crippen LogP contribution in [0.1, 0.15) is 33.3 Å². The second kappa shape index (κ2) is 7.82. The SMILES string of the molecule is CCn1nc(C(=O)OCc2ccc(C(=O)OC)cc2)c2ccccc2c1=O. The largest absolute Gasteiger partial charge is 0.465 e. The summed E-state index contributed by atoms with van der Waals surface area (Å²) in [6.45, 7) is 2.14. The Bertz CT molecular complexity index is 1050. The number of methoxy groups -OCH3 is 1. The molecule has 3 rings (SSSR count). The summed E-state index contributed by atoms with van der Waals surface area (Å²) >= 11 is 0. The van der Waals surface area contributed by atoms with Gasteiger partial charge in [0.05, 0.1) is 18.1 Å². The summed E-state index contributed by atoms with van der Waals surface area (Å²) in [5.74, 6) is -1.05. The van der Waals surface area contributed by atoms with E-state index in [9.17, 15) is 14.4 Å². The maximum Gasteiger partial charge on any atom is 0.359 e. The minimum atomic E-state index is -0.620. The Hall–Kier alpha value is -3.48. The first kappa shape index (κ1) is 18.3. The zero-order valence-electron chi connectivity index (χ0n) is 15.0. The Morgan fingerprint density at radius 2 is 1.67 bits per heavy atom. The summed E-state index contributed by atoms with van der Waals surface area (Å²) in [4.78, 5) is 36.3. The van der Waals surface area contributed by atoms with Gasteiger partial charge in [0.1, 0.15) is 6.61 Å². The van der Waals surface area contributed by atoms with Gasteiger partial charge in [-0.1, -0.05) is 30.3 Å². The molecule has 0 fully saturated rings. The molecule has 0 saturated carbocycles. The molecule has 2 aromatic carbocycles. The van der Waals surface area contributed by atoms with Gasteiger partial charge in [-0.25, -0.2) is 14.3 Å². The number of benzene rings is 2. The molecule has 27 heavy (non-hydrogen) atoms. The predicted molar refractivity (Wildman–Crippen MR) is 98.6 cm³/mol. The van der Waals surface area contributed by atoms with Gasteiger partial charge in [-0.3, -0.25) is 4.79 Å². The number of esters is 2. The van der Waals surface area contributed by atoms with E-state index in [-0.39, 0.29) is 17.9 Å². The molecule has 0 unspecified atom stereocenters. The van der Waals surface area contributed by atoms with E-state index in [2.05, 4.69) is 9.84 Å². The lowest BCUT2D eigenvalue weighted by Crippen LogP contribution is -2.25. The van der Waals surface area contributed by atoms with Crippen molar-refractivity contribution in [2.45, 2.75) is 20.1 Å². The van der Waals surface area contributed by atoms with Crippen LogP contribution in [0.5, 0.6) is 0 Å². The number of carbonyl (C=O) groups is 2. The van der Waals surface area contributed by atoms with Crippen LogP contribution in [0, 0.1) is 0 Å². The Morgan fingerprint density at radius 3 is 2.30 bits per heavy atom. The van der Waals surface area contributed by atoms with Crippen LogP contribution in [0.4, 0.5) is 0 Å². The Balaban J connectivity index is 1.83. The van der Waals surface area contributed by atoms with Crippen molar-refractivity contribution in [3.8, 4) is 0 Å². The molecule has 0 amide bonds. The summed E-state index contributed by atoms with van der Waals surface area (Å²) in [7, 11) is 1.31. The van der Waals surface area contributed by atoms with E-state index in [1.54, 1.807) is 55.5 Å². The minimum absolute atomic E-state index is 0.0154. The van der Waals surface area contributed by atoms with Gasteiger partial charge in [-0.2, -0.15) is 5.10 Å². The molecule has 0 radical (unpaired) electrons. The molecule has 138 valence electrons. The third-order valence-electron chi connectivity index (χ3n) is 4.11. The monoisotopic (exact) mass is 366 g/mol. The lowest BCUT2D eigenvalue weighted by atomic mass is 10.1. The Morgan fingerprint density at radius 1 is 1.00 bits per heavy atom. The fraction of sp³-hybridized carbons (Fsp3) is 0.200. The van der Waals surface area contributed by atoms with E-state index < -0.39 is 11.9 Å². The molecule has 7 nitrogen and oxygen atoms in total. The highest BCUT2D eigenvalue weighted by Crippen LogP contribution is 2.15. The zero-order valence-corrected chi connectivity index (χ0v) is 15.0. The highest BCUT2D eigenvalue weighted by atomic mass is 16.5. The molecular formula is C20H18N2O5. The van der Waals surface area contributed by atoms with Crippen molar-refractivity contribution in [1.29, 1.82) is 0 Å². The molecule has 0 N–H and O–H groups in total. The van der Waals surface area contributed by atoms with Gasteiger partial charge in [-0.05, 0) is 30.7 Å². The molecule has 1 aromatic heterocycles. The molecule has 1 heterocycles. The van der Waals surface area contributed by atoms with Gasteiger partial charge < -0.3 is 9.47 Å². The van der Waals surface area contributed by atoms with Crippen LogP contribution in [0.3, 0.4) is 0 Å². The molecule has 0 aliphatic rings. The quantitative estimate of drug-likeness (QED) is 0.645. The van der Waals surface area contributed by atoms with Gasteiger partial charge in [0.25, 0.3) is 5.56 Å². The van der Waals surface area contributed by atoms with E-state index in [4.69, 9.17) is 4.74 Å². The Kier molecular flexibility index (Phi) is 5.30. The molecule has 0 atom stereocenters. The van der Waals surface area contributed by atoms with Crippen LogP contribution in [0.2, 0.25) is 0 Å². The van der Waals surface area contributed by atoms with Crippen LogP contribution >= 0.6 is 0 Å². The standard InChI is InChI=1S/C20H18N2O5/c1-3-22-18(23)16-7-5-4-6-15(16)17(21-22)20(25)27-12-13-8-10-14(11-9-13)19(24)26-2/h4-11H,3,12H2,1-2H3. The van der Waals surface area contributed by atoms with Crippen molar-refractivity contribution in [1.82, 2.24) is 9.78 Å². The van der Waals surface area contributed by atoms with Crippen molar-refractivity contribution >= 4 is 22.7 Å². The molecule has 0 spiro atoms. The zero-order chi connectivity index (χ0) is 19.4. The number of ether oxygens (including phenoxy) is 2. The van der Waals surface area contributed by atoms with Gasteiger partial charge in [0.2, 0.25) is 0 Å². The Labute approximate surface area is 155 Å². The third-order valence-corrected chi connectivity index (χ3v) is 4.11. The third kappa shape index (κ3) is 3.72. The van der Waals surface area contributed by atoms with Crippen LogP contribution in [0.15, 0.2) is 53.3 Å². The molecule has 3 aromatic rings. The number of nitrogens with zero attached hydrogens (tertiary/aromatic N) is 2. The normalized spacial score (nSPS) is 10.6. The number of hydrogen-bond acceptors (Lipinski definition) is 6. The lowest BCUT2D eigenvalue weighted by molar-refractivity contribution is 0.0464. The van der Waals surface area contributed by atoms with Gasteiger partial charge >= 0.3 is 11.9 Å². The average Bonchev–Trinajstić information content (AvgIpc) is 2.72. The van der Waals surface area contributed by atoms with Gasteiger partial charge in [0, 0.05) is 11.9 Å². The molecule has 0 saturated heterocycles. The molecule has 0 aliphatic heterocycles. The van der Waals surface area contributed by atoms with Gasteiger partial charge in [-0.15, -0.1) is 0 Å². The first-order chi connectivity index (χ1) is 13.0. The highest BCUT2D eigenvalue weighted by molar-refractivity contribution is 6.02. The van der Waals surface area contributed by atoms with Crippen molar-refractivity contribution < 1.29 is 19.1 Å². The maximum atomic E-state index is 12.6. The molecule has 0 aliphatic carbocycles. The van der Waals surface area contributed by atoms with Crippen LogP contribution in [-0.2, 0) is 22.6 Å². The number of fused-ring (bicyclic) bond motifs is 1. The molecule has 7 heteroatoms. The minimum Gasteiger partial charge on any atom is -0.465 e. The number of rotatable bonds is 5. The summed E-state index contributed by atoms with van der Waals surface area (Å²) in [5, 5.41) is 5.02. The highest BCUT2D eigenvalue weighted by Gasteiger charge is 2.17. The average molecular weight is 366 g/mol. The first-order valence-electron chi connectivity index (χ1n) is 8.39. The van der Waals surface area contributed by atoms with Crippen molar-refractivity contribution in [2.75, 3.05) is 7.11 Å². The van der Waals surface area contributed by atoms with Crippen LogP contribution < -0.4 is 5.56 Å². The number of aromatic nitrogens is 2. The smallest absolute Gasteiger partial charge is 0.359 e. The van der Waals surface area contributed by atoms with Crippen LogP contribution in [0.25, 0.3) is 10.8 Å². The van der Waals surface area contributed by atoms with Crippen LogP contribution in [-0.4, -0.2) is 28.8 Å². The summed E-state index contributed by atoms with van der Waals surface area (Å²) < 4.78 is 11.2. The first-order valence-corrected chi connectivity index (χ1v) is 8.39. The number of carbonyl (C=O) groups excluding carboxylic acids is 2. The topological polar surface area (TPSA) is 87.5 Å². The van der Waals surface area contributed by atoms with E-state index >= 15 is 0 Å². The van der Waals surface area contributed by atoms with Crippen molar-refractivity contribution in [3.05, 3.63) is 75.7 Å². The fourth-order valence-corrected chi connectivity index (χ4v) is 2.67. The number of hydrogen-bond donors (Lipinski definition) is 0. The summed E-state index contributed by atoms with van der Waals surface area (Å²) in [6, 6.07) is 13.4. The van der Waals surface area contributed by atoms with E-state index in [0.29, 0.717) is 28.4 Å².